The number of piperidine rings is 2. The molecule has 2 unspecified atom stereocenters. The van der Waals surface area contributed by atoms with E-state index < -0.39 is 17.6 Å². The topological polar surface area (TPSA) is 115 Å². The molecule has 2 N–H and O–H groups in total. The minimum Gasteiger partial charge on any atom is -0.474 e. The summed E-state index contributed by atoms with van der Waals surface area (Å²) < 4.78 is 47.9. The largest absolute Gasteiger partial charge is 0.474 e. The van der Waals surface area contributed by atoms with Gasteiger partial charge in [-0.25, -0.2) is 14.6 Å². The predicted octanol–water partition coefficient (Wildman–Crippen LogP) is 3.88. The summed E-state index contributed by atoms with van der Waals surface area (Å²) in [5.74, 6) is 0.311. The van der Waals surface area contributed by atoms with Crippen molar-refractivity contribution in [2.24, 2.45) is 23.5 Å². The van der Waals surface area contributed by atoms with Gasteiger partial charge in [-0.3, -0.25) is 4.79 Å². The molecule has 1 saturated carbocycles. The minimum atomic E-state index is -4.20. The summed E-state index contributed by atoms with van der Waals surface area (Å²) >= 11 is 0. The Morgan fingerprint density at radius 1 is 1.12 bits per heavy atom. The normalized spacial score (nSPS) is 25.9. The molecule has 1 aliphatic carbocycles. The number of aromatic nitrogens is 5. The number of carbonyl (C=O) groups is 1. The van der Waals surface area contributed by atoms with Crippen LogP contribution in [0.1, 0.15) is 55.2 Å². The molecule has 6 rings (SSSR count). The number of hydrogen-bond donors (Lipinski definition) is 1. The molecule has 3 aromatic rings. The number of nitrogens with two attached hydrogens (primary N) is 1. The molecule has 3 aliphatic rings. The van der Waals surface area contributed by atoms with E-state index in [4.69, 9.17) is 15.5 Å². The Kier molecular flexibility index (Phi) is 6.90. The lowest BCUT2D eigenvalue weighted by Crippen LogP contribution is -2.45. The number of fused-ring (bicyclic) bond motifs is 1. The lowest BCUT2D eigenvalue weighted by Gasteiger charge is -2.39. The number of anilines is 1. The summed E-state index contributed by atoms with van der Waals surface area (Å²) in [5, 5.41) is 4.41. The lowest BCUT2D eigenvalue weighted by atomic mass is 9.90. The quantitative estimate of drug-likeness (QED) is 0.464. The molecule has 0 aromatic carbocycles. The van der Waals surface area contributed by atoms with Crippen molar-refractivity contribution >= 4 is 11.7 Å². The SMILES string of the molecule is Cc1nn(-c2ncccn2)cc1C(=O)N1C[C@@H]2[C@H](C1)[C@H]2Oc1cc(C(C)(C)N)cc(N2CCC(C(F)(F)F)CC2C)n1. The fourth-order valence-corrected chi connectivity index (χ4v) is 6.18. The van der Waals surface area contributed by atoms with Crippen LogP contribution in [-0.2, 0) is 5.54 Å². The van der Waals surface area contributed by atoms with Gasteiger partial charge in [0.25, 0.3) is 5.91 Å². The van der Waals surface area contributed by atoms with Crippen molar-refractivity contribution < 1.29 is 22.7 Å². The van der Waals surface area contributed by atoms with E-state index in [1.807, 2.05) is 35.8 Å². The molecule has 3 fully saturated rings. The van der Waals surface area contributed by atoms with Crippen molar-refractivity contribution in [3.63, 3.8) is 0 Å². The molecule has 224 valence electrons. The number of amides is 1. The highest BCUT2D eigenvalue weighted by Crippen LogP contribution is 2.48. The summed E-state index contributed by atoms with van der Waals surface area (Å²) in [6.07, 6.45) is 0.647. The molecular formula is C29H35F3N8O2. The van der Waals surface area contributed by atoms with E-state index in [0.717, 1.165) is 5.56 Å². The van der Waals surface area contributed by atoms with Crippen molar-refractivity contribution in [2.75, 3.05) is 24.5 Å². The van der Waals surface area contributed by atoms with Gasteiger partial charge in [-0.05, 0) is 58.2 Å². The average molecular weight is 585 g/mol. The second-order valence-corrected chi connectivity index (χ2v) is 12.3. The lowest BCUT2D eigenvalue weighted by molar-refractivity contribution is -0.181. The molecule has 10 nitrogen and oxygen atoms in total. The van der Waals surface area contributed by atoms with Crippen LogP contribution >= 0.6 is 0 Å². The molecule has 2 saturated heterocycles. The fraction of sp³-hybridized carbons (Fsp3) is 0.552. The van der Waals surface area contributed by atoms with Crippen molar-refractivity contribution in [3.8, 4) is 11.8 Å². The Morgan fingerprint density at radius 2 is 1.81 bits per heavy atom. The molecule has 1 amide bonds. The Hall–Kier alpha value is -3.74. The van der Waals surface area contributed by atoms with E-state index in [1.54, 1.807) is 38.5 Å². The van der Waals surface area contributed by atoms with Crippen LogP contribution in [0, 0.1) is 24.7 Å². The van der Waals surface area contributed by atoms with Gasteiger partial charge in [-0.1, -0.05) is 0 Å². The highest BCUT2D eigenvalue weighted by molar-refractivity contribution is 5.95. The number of ether oxygens (including phenoxy) is 1. The average Bonchev–Trinajstić information content (AvgIpc) is 3.25. The van der Waals surface area contributed by atoms with Gasteiger partial charge < -0.3 is 20.3 Å². The third-order valence-electron chi connectivity index (χ3n) is 8.71. The highest BCUT2D eigenvalue weighted by atomic mass is 19.4. The molecule has 5 heterocycles. The van der Waals surface area contributed by atoms with E-state index in [9.17, 15) is 18.0 Å². The van der Waals surface area contributed by atoms with Crippen LogP contribution in [0.2, 0.25) is 0 Å². The van der Waals surface area contributed by atoms with Gasteiger partial charge in [0.1, 0.15) is 11.9 Å². The fourth-order valence-electron chi connectivity index (χ4n) is 6.18. The van der Waals surface area contributed by atoms with E-state index >= 15 is 0 Å². The Bertz CT molecular complexity index is 1460. The zero-order valence-electron chi connectivity index (χ0n) is 24.0. The monoisotopic (exact) mass is 584 g/mol. The van der Waals surface area contributed by atoms with Gasteiger partial charge in [0.05, 0.1) is 17.2 Å². The summed E-state index contributed by atoms with van der Waals surface area (Å²) in [7, 11) is 0. The van der Waals surface area contributed by atoms with Gasteiger partial charge in [0, 0.05) is 67.7 Å². The number of aryl methyl sites for hydroxylation is 1. The first-order valence-corrected chi connectivity index (χ1v) is 14.2. The molecule has 0 spiro atoms. The molecule has 2 aliphatic heterocycles. The van der Waals surface area contributed by atoms with Crippen LogP contribution in [0.25, 0.3) is 5.95 Å². The van der Waals surface area contributed by atoms with Crippen molar-refractivity contribution in [1.29, 1.82) is 0 Å². The number of nitrogens with zero attached hydrogens (tertiary/aromatic N) is 7. The van der Waals surface area contributed by atoms with E-state index in [2.05, 4.69) is 15.1 Å². The highest BCUT2D eigenvalue weighted by Gasteiger charge is 2.59. The zero-order chi connectivity index (χ0) is 30.0. The van der Waals surface area contributed by atoms with Crippen molar-refractivity contribution in [1.82, 2.24) is 29.6 Å². The summed E-state index contributed by atoms with van der Waals surface area (Å²) in [4.78, 5) is 30.2. The van der Waals surface area contributed by atoms with Crippen molar-refractivity contribution in [2.45, 2.75) is 64.4 Å². The molecule has 5 atom stereocenters. The minimum absolute atomic E-state index is 0.0189. The van der Waals surface area contributed by atoms with Crippen LogP contribution < -0.4 is 15.4 Å². The number of hydrogen-bond acceptors (Lipinski definition) is 8. The third kappa shape index (κ3) is 5.41. The Balaban J connectivity index is 1.13. The van der Waals surface area contributed by atoms with E-state index in [1.165, 1.54) is 4.68 Å². The molecule has 13 heteroatoms. The van der Waals surface area contributed by atoms with Crippen LogP contribution in [0.5, 0.6) is 5.88 Å². The van der Waals surface area contributed by atoms with Crippen LogP contribution in [-0.4, -0.2) is 73.5 Å². The molecule has 3 aromatic heterocycles. The molecule has 0 bridgehead atoms. The van der Waals surface area contributed by atoms with Gasteiger partial charge in [-0.2, -0.15) is 23.3 Å². The number of alkyl halides is 3. The first-order chi connectivity index (χ1) is 19.8. The van der Waals surface area contributed by atoms with Crippen LogP contribution in [0.3, 0.4) is 0 Å². The third-order valence-corrected chi connectivity index (χ3v) is 8.71. The molecule has 0 radical (unpaired) electrons. The van der Waals surface area contributed by atoms with Crippen LogP contribution in [0.15, 0.2) is 36.8 Å². The Labute approximate surface area is 242 Å². The predicted molar refractivity (Wildman–Crippen MR) is 148 cm³/mol. The zero-order valence-corrected chi connectivity index (χ0v) is 24.0. The van der Waals surface area contributed by atoms with E-state index in [0.29, 0.717) is 42.0 Å². The number of carbonyl (C=O) groups excluding carboxylic acids is 1. The molecule has 42 heavy (non-hydrogen) atoms. The first-order valence-electron chi connectivity index (χ1n) is 14.2. The first kappa shape index (κ1) is 28.4. The second kappa shape index (κ2) is 10.2. The van der Waals surface area contributed by atoms with Crippen molar-refractivity contribution in [3.05, 3.63) is 53.6 Å². The Morgan fingerprint density at radius 3 is 2.43 bits per heavy atom. The maximum absolute atomic E-state index is 13.4. The van der Waals surface area contributed by atoms with Gasteiger partial charge in [0.2, 0.25) is 11.8 Å². The van der Waals surface area contributed by atoms with E-state index in [-0.39, 0.29) is 49.3 Å². The smallest absolute Gasteiger partial charge is 0.391 e. The van der Waals surface area contributed by atoms with Gasteiger partial charge in [0.15, 0.2) is 0 Å². The molecular weight excluding hydrogens is 549 g/mol. The second-order valence-electron chi connectivity index (χ2n) is 12.3. The van der Waals surface area contributed by atoms with Gasteiger partial charge in [-0.15, -0.1) is 0 Å². The maximum Gasteiger partial charge on any atom is 0.391 e. The number of rotatable bonds is 6. The van der Waals surface area contributed by atoms with Crippen LogP contribution in [0.4, 0.5) is 19.0 Å². The number of likely N-dealkylation sites (tertiary alicyclic amines) is 1. The summed E-state index contributed by atoms with van der Waals surface area (Å²) in [6.45, 7) is 8.70. The summed E-state index contributed by atoms with van der Waals surface area (Å²) in [6, 6.07) is 5.05. The summed E-state index contributed by atoms with van der Waals surface area (Å²) in [5.41, 5.74) is 7.64. The van der Waals surface area contributed by atoms with Gasteiger partial charge >= 0.3 is 6.18 Å². The number of pyridine rings is 1. The standard InChI is InChI=1S/C29H35F3N8O2/c1-16-10-18(29(30,31)32)6-9-39(16)23-11-19(28(3,4)33)12-24(36-23)42-25-21-13-38(14-22(21)25)26(41)20-15-40(37-17(20)2)27-34-7-5-8-35-27/h5,7-8,11-12,15-16,18,21-22,25H,6,9-10,13-14,33H2,1-4H3/t16?,18?,21-,22+,25+. The number of halogens is 3. The maximum atomic E-state index is 13.4.